The second kappa shape index (κ2) is 10.2. The Bertz CT molecular complexity index is 1070. The molecule has 174 valence electrons. The molecule has 0 aromatic heterocycles. The highest BCUT2D eigenvalue weighted by Crippen LogP contribution is 2.38. The molecule has 0 heterocycles. The van der Waals surface area contributed by atoms with Crippen molar-refractivity contribution in [1.82, 2.24) is 10.7 Å². The van der Waals surface area contributed by atoms with Crippen LogP contribution in [0.25, 0.3) is 11.1 Å². The predicted octanol–water partition coefficient (Wildman–Crippen LogP) is 3.24. The molecule has 2 aromatic carbocycles. The van der Waals surface area contributed by atoms with Gasteiger partial charge in [0, 0.05) is 0 Å². The van der Waals surface area contributed by atoms with Crippen LogP contribution in [-0.4, -0.2) is 36.0 Å². The molecule has 4 N–H and O–H groups in total. The van der Waals surface area contributed by atoms with Gasteiger partial charge in [-0.1, -0.05) is 42.5 Å². The van der Waals surface area contributed by atoms with E-state index in [4.69, 9.17) is 15.2 Å². The minimum absolute atomic E-state index is 0.0392. The SMILES string of the molecule is CC(C)(C)OC(CC(C=O)NC(=O)OCc1cccc2c1Cc1ccccc1-2)=NNC(N)=O. The maximum atomic E-state index is 12.4. The first-order valence-corrected chi connectivity index (χ1v) is 10.5. The maximum Gasteiger partial charge on any atom is 0.408 e. The summed E-state index contributed by atoms with van der Waals surface area (Å²) in [6, 6.07) is 12.3. The first-order valence-electron chi connectivity index (χ1n) is 10.5. The van der Waals surface area contributed by atoms with Crippen LogP contribution < -0.4 is 16.5 Å². The Morgan fingerprint density at radius 3 is 2.58 bits per heavy atom. The summed E-state index contributed by atoms with van der Waals surface area (Å²) in [5.41, 5.74) is 12.1. The van der Waals surface area contributed by atoms with Gasteiger partial charge in [-0.2, -0.15) is 0 Å². The van der Waals surface area contributed by atoms with E-state index in [1.807, 2.05) is 24.3 Å². The average molecular weight is 453 g/mol. The molecular formula is C24H28N4O5. The lowest BCUT2D eigenvalue weighted by molar-refractivity contribution is -0.109. The van der Waals surface area contributed by atoms with Crippen molar-refractivity contribution in [3.8, 4) is 11.1 Å². The van der Waals surface area contributed by atoms with Crippen molar-refractivity contribution in [2.45, 2.75) is 51.9 Å². The van der Waals surface area contributed by atoms with E-state index < -0.39 is 23.8 Å². The van der Waals surface area contributed by atoms with E-state index in [9.17, 15) is 14.4 Å². The molecule has 1 aliphatic carbocycles. The average Bonchev–Trinajstić information content (AvgIpc) is 3.14. The summed E-state index contributed by atoms with van der Waals surface area (Å²) in [5.74, 6) is 0.0392. The molecule has 9 nitrogen and oxygen atoms in total. The number of hydrogen-bond donors (Lipinski definition) is 3. The van der Waals surface area contributed by atoms with Gasteiger partial charge in [0.15, 0.2) is 0 Å². The number of aldehydes is 1. The van der Waals surface area contributed by atoms with E-state index in [1.54, 1.807) is 20.8 Å². The topological polar surface area (TPSA) is 132 Å². The zero-order chi connectivity index (χ0) is 24.0. The Morgan fingerprint density at radius 2 is 1.88 bits per heavy atom. The molecule has 3 amide bonds. The Kier molecular flexibility index (Phi) is 7.32. The molecule has 0 radical (unpaired) electrons. The van der Waals surface area contributed by atoms with Crippen LogP contribution in [0.5, 0.6) is 0 Å². The second-order valence-electron chi connectivity index (χ2n) is 8.64. The quantitative estimate of drug-likeness (QED) is 0.219. The van der Waals surface area contributed by atoms with Gasteiger partial charge in [0.1, 0.15) is 18.5 Å². The molecule has 3 rings (SSSR count). The molecule has 9 heteroatoms. The third-order valence-electron chi connectivity index (χ3n) is 4.88. The van der Waals surface area contributed by atoms with Crippen molar-refractivity contribution >= 4 is 24.3 Å². The van der Waals surface area contributed by atoms with Crippen molar-refractivity contribution in [2.75, 3.05) is 0 Å². The van der Waals surface area contributed by atoms with Crippen LogP contribution in [0.4, 0.5) is 9.59 Å². The van der Waals surface area contributed by atoms with Gasteiger partial charge in [-0.05, 0) is 55.0 Å². The van der Waals surface area contributed by atoms with Gasteiger partial charge in [0.25, 0.3) is 0 Å². The molecule has 0 bridgehead atoms. The van der Waals surface area contributed by atoms with E-state index in [-0.39, 0.29) is 18.9 Å². The highest BCUT2D eigenvalue weighted by Gasteiger charge is 2.23. The monoisotopic (exact) mass is 452 g/mol. The Balaban J connectivity index is 1.61. The first-order chi connectivity index (χ1) is 15.7. The van der Waals surface area contributed by atoms with Gasteiger partial charge in [-0.3, -0.25) is 0 Å². The number of ether oxygens (including phenoxy) is 2. The molecule has 0 fully saturated rings. The zero-order valence-electron chi connectivity index (χ0n) is 18.9. The third-order valence-corrected chi connectivity index (χ3v) is 4.88. The number of nitrogens with two attached hydrogens (primary N) is 1. The Hall–Kier alpha value is -3.88. The van der Waals surface area contributed by atoms with Crippen LogP contribution in [0.2, 0.25) is 0 Å². The zero-order valence-corrected chi connectivity index (χ0v) is 18.9. The van der Waals surface area contributed by atoms with Crippen LogP contribution >= 0.6 is 0 Å². The van der Waals surface area contributed by atoms with Crippen molar-refractivity contribution in [3.63, 3.8) is 0 Å². The van der Waals surface area contributed by atoms with E-state index >= 15 is 0 Å². The van der Waals surface area contributed by atoms with Crippen LogP contribution in [0, 0.1) is 0 Å². The highest BCUT2D eigenvalue weighted by atomic mass is 16.5. The number of nitrogens with one attached hydrogen (secondary N) is 2. The normalized spacial score (nSPS) is 13.4. The van der Waals surface area contributed by atoms with Crippen molar-refractivity contribution in [3.05, 3.63) is 59.2 Å². The summed E-state index contributed by atoms with van der Waals surface area (Å²) in [7, 11) is 0. The minimum atomic E-state index is -0.973. The molecule has 0 spiro atoms. The predicted molar refractivity (Wildman–Crippen MR) is 123 cm³/mol. The summed E-state index contributed by atoms with van der Waals surface area (Å²) in [6.45, 7) is 5.40. The van der Waals surface area contributed by atoms with Crippen LogP contribution in [0.15, 0.2) is 47.6 Å². The largest absolute Gasteiger partial charge is 0.474 e. The molecule has 2 aromatic rings. The lowest BCUT2D eigenvalue weighted by Gasteiger charge is -2.23. The summed E-state index contributed by atoms with van der Waals surface area (Å²) in [4.78, 5) is 34.9. The highest BCUT2D eigenvalue weighted by molar-refractivity contribution is 5.84. The van der Waals surface area contributed by atoms with Gasteiger partial charge in [-0.25, -0.2) is 15.0 Å². The van der Waals surface area contributed by atoms with Gasteiger partial charge >= 0.3 is 12.1 Å². The fraction of sp³-hybridized carbons (Fsp3) is 0.333. The summed E-state index contributed by atoms with van der Waals surface area (Å²) < 4.78 is 11.0. The minimum Gasteiger partial charge on any atom is -0.474 e. The first kappa shape index (κ1) is 23.8. The molecular weight excluding hydrogens is 424 g/mol. The number of hydrogen-bond acceptors (Lipinski definition) is 6. The van der Waals surface area contributed by atoms with Gasteiger partial charge in [-0.15, -0.1) is 5.10 Å². The fourth-order valence-electron chi connectivity index (χ4n) is 3.60. The van der Waals surface area contributed by atoms with E-state index in [0.29, 0.717) is 6.29 Å². The molecule has 0 saturated carbocycles. The van der Waals surface area contributed by atoms with E-state index in [0.717, 1.165) is 23.1 Å². The fourth-order valence-corrected chi connectivity index (χ4v) is 3.60. The standard InChI is InChI=1S/C24H28N4O5/c1-24(2,3)33-21(27-28-22(25)30)12-17(13-29)26-23(31)32-14-16-8-6-10-19-18-9-5-4-7-15(18)11-20(16)19/h4-10,13,17H,11-12,14H2,1-3H3,(H,26,31)(H3,25,28,30). The number of urea groups is 1. The third kappa shape index (κ3) is 6.55. The van der Waals surface area contributed by atoms with Crippen molar-refractivity contribution < 1.29 is 23.9 Å². The second-order valence-corrected chi connectivity index (χ2v) is 8.64. The van der Waals surface area contributed by atoms with Gasteiger partial charge in [0.2, 0.25) is 5.90 Å². The van der Waals surface area contributed by atoms with Crippen LogP contribution in [-0.2, 0) is 27.3 Å². The summed E-state index contributed by atoms with van der Waals surface area (Å²) in [6.07, 6.45) is 0.481. The Morgan fingerprint density at radius 1 is 1.15 bits per heavy atom. The number of carbonyl (C=O) groups is 3. The van der Waals surface area contributed by atoms with E-state index in [2.05, 4.69) is 34.0 Å². The van der Waals surface area contributed by atoms with Gasteiger partial charge < -0.3 is 25.3 Å². The number of hydrazone groups is 1. The number of alkyl carbamates (subject to hydrolysis) is 1. The van der Waals surface area contributed by atoms with Crippen molar-refractivity contribution in [2.24, 2.45) is 10.8 Å². The Labute approximate surface area is 192 Å². The van der Waals surface area contributed by atoms with Crippen LogP contribution in [0.3, 0.4) is 0 Å². The van der Waals surface area contributed by atoms with E-state index in [1.165, 1.54) is 11.1 Å². The number of amides is 3. The van der Waals surface area contributed by atoms with Crippen LogP contribution in [0.1, 0.15) is 43.9 Å². The molecule has 1 aliphatic rings. The lowest BCUT2D eigenvalue weighted by Crippen LogP contribution is -2.40. The summed E-state index contributed by atoms with van der Waals surface area (Å²) in [5, 5.41) is 6.27. The van der Waals surface area contributed by atoms with Crippen molar-refractivity contribution in [1.29, 1.82) is 0 Å². The lowest BCUT2D eigenvalue weighted by atomic mass is 10.0. The molecule has 0 aliphatic heterocycles. The number of primary amides is 1. The smallest absolute Gasteiger partial charge is 0.408 e. The van der Waals surface area contributed by atoms with Gasteiger partial charge in [0.05, 0.1) is 12.5 Å². The number of nitrogens with zero attached hydrogens (tertiary/aromatic N) is 1. The maximum absolute atomic E-state index is 12.4. The number of fused-ring (bicyclic) bond motifs is 3. The molecule has 1 atom stereocenters. The number of carbonyl (C=O) groups excluding carboxylic acids is 3. The molecule has 33 heavy (non-hydrogen) atoms. The number of rotatable bonds is 7. The molecule has 0 saturated heterocycles. The summed E-state index contributed by atoms with van der Waals surface area (Å²) >= 11 is 0. The number of benzene rings is 2. The molecule has 1 unspecified atom stereocenters.